The van der Waals surface area contributed by atoms with Gasteiger partial charge in [-0.15, -0.1) is 0 Å². The number of H-pyrrole nitrogens is 1. The fourth-order valence-electron chi connectivity index (χ4n) is 3.10. The first-order valence-electron chi connectivity index (χ1n) is 8.86. The van der Waals surface area contributed by atoms with E-state index in [2.05, 4.69) is 0 Å². The third kappa shape index (κ3) is 3.87. The van der Waals surface area contributed by atoms with E-state index in [9.17, 15) is 29.2 Å². The van der Waals surface area contributed by atoms with Crippen molar-refractivity contribution in [1.82, 2.24) is 9.55 Å². The first-order valence-corrected chi connectivity index (χ1v) is 10.3. The summed E-state index contributed by atoms with van der Waals surface area (Å²) in [7, 11) is -4.28. The Labute approximate surface area is 172 Å². The number of alkyl halides is 1. The van der Waals surface area contributed by atoms with Crippen molar-refractivity contribution in [2.24, 2.45) is 0 Å². The Morgan fingerprint density at radius 3 is 2.84 bits per heavy atom. The molecule has 0 amide bonds. The molecule has 0 bridgehead atoms. The summed E-state index contributed by atoms with van der Waals surface area (Å²) in [6.45, 7) is -1.33. The van der Waals surface area contributed by atoms with Gasteiger partial charge in [0, 0.05) is 11.8 Å². The monoisotopic (exact) mass is 458 g/mol. The fourth-order valence-corrected chi connectivity index (χ4v) is 4.33. The molecule has 0 aliphatic carbocycles. The summed E-state index contributed by atoms with van der Waals surface area (Å²) in [5.41, 5.74) is -2.03. The first-order chi connectivity index (χ1) is 14.7. The van der Waals surface area contributed by atoms with Crippen molar-refractivity contribution in [2.75, 3.05) is 6.61 Å². The molecule has 4 rings (SSSR count). The minimum absolute atomic E-state index is 0.136. The highest BCUT2D eigenvalue weighted by atomic mass is 31.2. The molecule has 5 atom stereocenters. The Bertz CT molecular complexity index is 1180. The van der Waals surface area contributed by atoms with Gasteiger partial charge in [-0.05, 0) is 6.07 Å². The highest BCUT2D eigenvalue weighted by molar-refractivity contribution is 7.49. The smallest absolute Gasteiger partial charge is 0.404 e. The molecule has 0 saturated carbocycles. The maximum absolute atomic E-state index is 15.3. The molecule has 1 aromatic carbocycles. The number of aliphatic hydroxyl groups is 2. The topological polar surface area (TPSA) is 166 Å². The van der Waals surface area contributed by atoms with Crippen LogP contribution < -0.4 is 15.8 Å². The van der Waals surface area contributed by atoms with E-state index < -0.39 is 55.5 Å². The maximum atomic E-state index is 15.3. The number of nitrogens with zero attached hydrogens (tertiary/aromatic N) is 1. The number of ether oxygens (including phenoxy) is 1. The van der Waals surface area contributed by atoms with Crippen molar-refractivity contribution in [3.8, 4) is 5.75 Å². The van der Waals surface area contributed by atoms with Crippen molar-refractivity contribution < 1.29 is 42.3 Å². The lowest BCUT2D eigenvalue weighted by atomic mass is 10.1. The number of phosphoric acid groups is 1. The Morgan fingerprint density at radius 2 is 2.10 bits per heavy atom. The van der Waals surface area contributed by atoms with Crippen LogP contribution in [0.2, 0.25) is 0 Å². The second kappa shape index (κ2) is 7.79. The van der Waals surface area contributed by atoms with Gasteiger partial charge in [0.15, 0.2) is 12.5 Å². The second-order valence-electron chi connectivity index (χ2n) is 6.79. The lowest BCUT2D eigenvalue weighted by Gasteiger charge is -2.28. The van der Waals surface area contributed by atoms with Gasteiger partial charge in [0.25, 0.3) is 11.4 Å². The summed E-state index contributed by atoms with van der Waals surface area (Å²) < 4.78 is 48.6. The zero-order valence-electron chi connectivity index (χ0n) is 15.5. The lowest BCUT2D eigenvalue weighted by Crippen LogP contribution is -2.43. The molecule has 2 aliphatic rings. The zero-order chi connectivity index (χ0) is 22.4. The van der Waals surface area contributed by atoms with Crippen molar-refractivity contribution in [1.29, 1.82) is 0 Å². The first kappa shape index (κ1) is 21.6. The molecule has 3 N–H and O–H groups in total. The van der Waals surface area contributed by atoms with Crippen LogP contribution in [0.3, 0.4) is 0 Å². The van der Waals surface area contributed by atoms with E-state index in [-0.39, 0.29) is 18.6 Å². The predicted molar refractivity (Wildman–Crippen MR) is 98.1 cm³/mol. The summed E-state index contributed by atoms with van der Waals surface area (Å²) in [5, 5.41) is 20.3. The number of halogens is 1. The van der Waals surface area contributed by atoms with E-state index >= 15 is 4.39 Å². The number of hydrogen-bond acceptors (Lipinski definition) is 10. The number of para-hydroxylation sites is 1. The average Bonchev–Trinajstić information content (AvgIpc) is 2.97. The molecule has 31 heavy (non-hydrogen) atoms. The van der Waals surface area contributed by atoms with Gasteiger partial charge >= 0.3 is 13.5 Å². The fraction of sp³-hybridized carbons (Fsp3) is 0.353. The molecular weight excluding hydrogens is 442 g/mol. The van der Waals surface area contributed by atoms with E-state index in [1.807, 2.05) is 0 Å². The average molecular weight is 458 g/mol. The van der Waals surface area contributed by atoms with Gasteiger partial charge in [0.1, 0.15) is 24.6 Å². The zero-order valence-corrected chi connectivity index (χ0v) is 16.4. The number of carbonyl (C=O) groups is 1. The Kier molecular flexibility index (Phi) is 5.41. The number of fused-ring (bicyclic) bond motifs is 1. The molecule has 1 unspecified atom stereocenters. The molecule has 1 aromatic heterocycles. The van der Waals surface area contributed by atoms with Gasteiger partial charge in [-0.25, -0.2) is 13.8 Å². The van der Waals surface area contributed by atoms with E-state index in [1.165, 1.54) is 6.07 Å². The van der Waals surface area contributed by atoms with Gasteiger partial charge in [0.2, 0.25) is 0 Å². The number of aliphatic hydroxyl groups excluding tert-OH is 2. The Morgan fingerprint density at radius 1 is 1.35 bits per heavy atom. The summed E-state index contributed by atoms with van der Waals surface area (Å²) in [5.74, 6) is -2.93. The van der Waals surface area contributed by atoms with Crippen LogP contribution in [0.25, 0.3) is 0 Å². The molecule has 14 heteroatoms. The molecule has 0 spiro atoms. The molecule has 1 fully saturated rings. The van der Waals surface area contributed by atoms with Crippen molar-refractivity contribution in [3.05, 3.63) is 62.4 Å². The minimum atomic E-state index is -4.28. The van der Waals surface area contributed by atoms with Crippen LogP contribution in [0, 0.1) is 0 Å². The number of phosphoric ester groups is 1. The van der Waals surface area contributed by atoms with Crippen molar-refractivity contribution in [2.45, 2.75) is 30.9 Å². The number of carbonyl (C=O) groups excluding carboxylic acids is 1. The third-order valence-corrected chi connectivity index (χ3v) is 6.06. The standard InChI is InChI=1S/C17H16FN2O10P/c18-17(8-28-31(26)27-7-9-3-1-2-4-11(9)30-31)13(23)12(22)15(29-17)20-5-10(6-21)14(24)19-16(20)25/h1-6,12-13,15,22-23H,7-8H2,(H,19,24,25)/t12-,13+,15-,17-,31?/m1/s1. The highest BCUT2D eigenvalue weighted by Gasteiger charge is 2.57. The molecule has 0 radical (unpaired) electrons. The van der Waals surface area contributed by atoms with E-state index in [4.69, 9.17) is 18.3 Å². The molecule has 166 valence electrons. The summed E-state index contributed by atoms with van der Waals surface area (Å²) in [6, 6.07) is 6.49. The predicted octanol–water partition coefficient (Wildman–Crippen LogP) is -0.000600. The van der Waals surface area contributed by atoms with Crippen LogP contribution in [0.4, 0.5) is 4.39 Å². The minimum Gasteiger partial charge on any atom is -0.404 e. The van der Waals surface area contributed by atoms with Gasteiger partial charge in [0.05, 0.1) is 12.2 Å². The lowest BCUT2D eigenvalue weighted by molar-refractivity contribution is -0.205. The second-order valence-corrected chi connectivity index (χ2v) is 8.39. The third-order valence-electron chi connectivity index (χ3n) is 4.75. The number of aromatic amines is 1. The van der Waals surface area contributed by atoms with E-state index in [0.717, 1.165) is 6.20 Å². The van der Waals surface area contributed by atoms with E-state index in [1.54, 1.807) is 23.2 Å². The number of hydrogen-bond donors (Lipinski definition) is 3. The normalized spacial score (nSPS) is 32.3. The molecule has 2 aliphatic heterocycles. The summed E-state index contributed by atoms with van der Waals surface area (Å²) >= 11 is 0. The quantitative estimate of drug-likeness (QED) is 0.410. The molecule has 3 heterocycles. The SMILES string of the molecule is O=Cc1cn([C@@H]2O[C@](F)(COP3(=O)OCc4ccccc4O3)[C@@H](O)[C@H]2O)c(=O)[nH]c1=O. The maximum Gasteiger partial charge on any atom is 0.530 e. The van der Waals surface area contributed by atoms with E-state index in [0.29, 0.717) is 10.1 Å². The molecule has 12 nitrogen and oxygen atoms in total. The largest absolute Gasteiger partial charge is 0.530 e. The van der Waals surface area contributed by atoms with Crippen LogP contribution in [-0.4, -0.2) is 50.7 Å². The number of nitrogens with one attached hydrogen (secondary N) is 1. The van der Waals surface area contributed by atoms with Gasteiger partial charge in [-0.3, -0.25) is 28.2 Å². The van der Waals surface area contributed by atoms with Crippen LogP contribution >= 0.6 is 7.82 Å². The van der Waals surface area contributed by atoms with Gasteiger partial charge < -0.3 is 19.5 Å². The molecule has 2 aromatic rings. The van der Waals surface area contributed by atoms with Crippen LogP contribution in [0.5, 0.6) is 5.75 Å². The van der Waals surface area contributed by atoms with Gasteiger partial charge in [-0.2, -0.15) is 0 Å². The Hall–Kier alpha value is -2.67. The van der Waals surface area contributed by atoms with Crippen molar-refractivity contribution in [3.63, 3.8) is 0 Å². The highest BCUT2D eigenvalue weighted by Crippen LogP contribution is 2.55. The molecule has 1 saturated heterocycles. The van der Waals surface area contributed by atoms with Gasteiger partial charge in [-0.1, -0.05) is 18.2 Å². The number of benzene rings is 1. The summed E-state index contributed by atoms with van der Waals surface area (Å²) in [4.78, 5) is 36.3. The van der Waals surface area contributed by atoms with Crippen LogP contribution in [0.1, 0.15) is 22.1 Å². The van der Waals surface area contributed by atoms with Crippen molar-refractivity contribution >= 4 is 14.1 Å². The molecular formula is C17H16FN2O10P. The number of rotatable bonds is 5. The Balaban J connectivity index is 1.54. The van der Waals surface area contributed by atoms with Crippen LogP contribution in [0.15, 0.2) is 40.1 Å². The number of aromatic nitrogens is 2. The van der Waals surface area contributed by atoms with Crippen LogP contribution in [-0.2, 0) is 25.0 Å². The summed E-state index contributed by atoms with van der Waals surface area (Å²) in [6.07, 6.45) is -5.21. The number of aldehydes is 1.